The summed E-state index contributed by atoms with van der Waals surface area (Å²) in [6.45, 7) is 6.41. The lowest BCUT2D eigenvalue weighted by atomic mass is 9.87. The van der Waals surface area contributed by atoms with Gasteiger partial charge in [0.05, 0.1) is 11.9 Å². The van der Waals surface area contributed by atoms with Crippen molar-refractivity contribution in [3.63, 3.8) is 0 Å². The van der Waals surface area contributed by atoms with Crippen molar-refractivity contribution in [2.75, 3.05) is 6.54 Å². The van der Waals surface area contributed by atoms with E-state index in [0.717, 1.165) is 64.6 Å². The Kier molecular flexibility index (Phi) is 8.32. The van der Waals surface area contributed by atoms with E-state index in [2.05, 4.69) is 54.5 Å². The molecule has 0 N–H and O–H groups in total. The number of fused-ring (bicyclic) bond motifs is 2. The SMILES string of the molecule is CCCc1cc(C(=O)N2CC(c3nc4c(C5=CCC=c6ccccc6=C5)cnn4c(CCC)c3C)CCC2C(=O)N=O)no1. The first-order chi connectivity index (χ1) is 21.4. The minimum atomic E-state index is -0.950. The third-order valence-corrected chi connectivity index (χ3v) is 8.70. The lowest BCUT2D eigenvalue weighted by molar-refractivity contribution is -0.123. The van der Waals surface area contributed by atoms with Crippen molar-refractivity contribution in [2.24, 2.45) is 5.18 Å². The third-order valence-electron chi connectivity index (χ3n) is 8.70. The van der Waals surface area contributed by atoms with Crippen LogP contribution < -0.4 is 10.4 Å². The fraction of sp³-hybridized carbons (Fsp3) is 0.382. The number of benzene rings is 1. The minimum Gasteiger partial charge on any atom is -0.361 e. The van der Waals surface area contributed by atoms with Crippen LogP contribution in [0.2, 0.25) is 0 Å². The second-order valence-corrected chi connectivity index (χ2v) is 11.6. The number of allylic oxidation sites excluding steroid dienone is 2. The van der Waals surface area contributed by atoms with E-state index in [0.29, 0.717) is 25.0 Å². The Labute approximate surface area is 255 Å². The van der Waals surface area contributed by atoms with Gasteiger partial charge in [-0.05, 0) is 66.7 Å². The Morgan fingerprint density at radius 3 is 2.64 bits per heavy atom. The molecule has 3 aromatic heterocycles. The average Bonchev–Trinajstić information content (AvgIpc) is 3.63. The molecule has 2 atom stereocenters. The molecule has 1 aliphatic heterocycles. The number of carbonyl (C=O) groups is 2. The molecule has 1 aromatic carbocycles. The number of carbonyl (C=O) groups excluding carboxylic acids is 2. The molecular formula is C34H36N6O4. The summed E-state index contributed by atoms with van der Waals surface area (Å²) in [5, 5.41) is 13.8. The number of aromatic nitrogens is 4. The van der Waals surface area contributed by atoms with Gasteiger partial charge in [0.25, 0.3) is 5.91 Å². The van der Waals surface area contributed by atoms with E-state index in [9.17, 15) is 14.5 Å². The van der Waals surface area contributed by atoms with Crippen LogP contribution in [0.3, 0.4) is 0 Å². The number of nitroso groups, excluding NO2 is 1. The number of aryl methyl sites for hydroxylation is 2. The lowest BCUT2D eigenvalue weighted by Gasteiger charge is -2.37. The highest BCUT2D eigenvalue weighted by Gasteiger charge is 2.39. The number of likely N-dealkylation sites (tertiary alicyclic amines) is 1. The summed E-state index contributed by atoms with van der Waals surface area (Å²) < 4.78 is 7.30. The predicted octanol–water partition coefficient (Wildman–Crippen LogP) is 4.66. The van der Waals surface area contributed by atoms with Crippen LogP contribution in [-0.4, -0.2) is 49.1 Å². The maximum Gasteiger partial charge on any atom is 0.308 e. The van der Waals surface area contributed by atoms with Gasteiger partial charge in [-0.15, -0.1) is 4.91 Å². The fourth-order valence-electron chi connectivity index (χ4n) is 6.50. The van der Waals surface area contributed by atoms with Gasteiger partial charge in [-0.25, -0.2) is 9.50 Å². The summed E-state index contributed by atoms with van der Waals surface area (Å²) in [4.78, 5) is 44.3. The molecule has 2 aliphatic rings. The van der Waals surface area contributed by atoms with Crippen molar-refractivity contribution in [2.45, 2.75) is 77.7 Å². The topological polar surface area (TPSA) is 123 Å². The highest BCUT2D eigenvalue weighted by atomic mass is 16.5. The smallest absolute Gasteiger partial charge is 0.308 e. The molecule has 44 heavy (non-hydrogen) atoms. The van der Waals surface area contributed by atoms with Crippen molar-refractivity contribution in [3.8, 4) is 0 Å². The molecule has 1 aliphatic carbocycles. The fourth-order valence-corrected chi connectivity index (χ4v) is 6.50. The molecule has 0 radical (unpaired) electrons. The van der Waals surface area contributed by atoms with Gasteiger partial charge in [0.15, 0.2) is 11.3 Å². The average molecular weight is 593 g/mol. The number of hydrogen-bond donors (Lipinski definition) is 0. The Bertz CT molecular complexity index is 1900. The van der Waals surface area contributed by atoms with E-state index < -0.39 is 17.9 Å². The summed E-state index contributed by atoms with van der Waals surface area (Å²) in [6, 6.07) is 8.99. The molecule has 2 unspecified atom stereocenters. The quantitative estimate of drug-likeness (QED) is 0.273. The molecule has 1 saturated heterocycles. The Morgan fingerprint density at radius 1 is 1.07 bits per heavy atom. The molecule has 4 aromatic rings. The van der Waals surface area contributed by atoms with Crippen LogP contribution in [0.1, 0.15) is 90.6 Å². The van der Waals surface area contributed by atoms with Crippen molar-refractivity contribution in [1.29, 1.82) is 0 Å². The van der Waals surface area contributed by atoms with Crippen molar-refractivity contribution >= 4 is 35.2 Å². The molecule has 6 rings (SSSR count). The third kappa shape index (κ3) is 5.40. The van der Waals surface area contributed by atoms with Gasteiger partial charge in [-0.1, -0.05) is 61.8 Å². The summed E-state index contributed by atoms with van der Waals surface area (Å²) in [7, 11) is 0. The van der Waals surface area contributed by atoms with E-state index in [4.69, 9.17) is 14.6 Å². The molecule has 10 nitrogen and oxygen atoms in total. The van der Waals surface area contributed by atoms with E-state index in [1.165, 1.54) is 10.1 Å². The van der Waals surface area contributed by atoms with Crippen LogP contribution in [0.5, 0.6) is 0 Å². The maximum absolute atomic E-state index is 13.7. The molecule has 2 amide bonds. The first-order valence-corrected chi connectivity index (χ1v) is 15.4. The van der Waals surface area contributed by atoms with Gasteiger partial charge < -0.3 is 9.42 Å². The Morgan fingerprint density at radius 2 is 1.86 bits per heavy atom. The van der Waals surface area contributed by atoms with Gasteiger partial charge in [0.1, 0.15) is 11.8 Å². The van der Waals surface area contributed by atoms with Crippen LogP contribution in [0.15, 0.2) is 52.3 Å². The number of rotatable bonds is 8. The summed E-state index contributed by atoms with van der Waals surface area (Å²) >= 11 is 0. The van der Waals surface area contributed by atoms with E-state index in [1.807, 2.05) is 29.8 Å². The van der Waals surface area contributed by atoms with Crippen LogP contribution in [0, 0.1) is 11.8 Å². The summed E-state index contributed by atoms with van der Waals surface area (Å²) in [5.74, 6) is -0.868. The number of piperidine rings is 1. The van der Waals surface area contributed by atoms with E-state index in [-0.39, 0.29) is 18.2 Å². The van der Waals surface area contributed by atoms with Gasteiger partial charge in [0, 0.05) is 41.4 Å². The second kappa shape index (κ2) is 12.5. The number of amides is 2. The van der Waals surface area contributed by atoms with Crippen molar-refractivity contribution in [3.05, 3.63) is 91.9 Å². The van der Waals surface area contributed by atoms with Crippen LogP contribution >= 0.6 is 0 Å². The Hall–Kier alpha value is -4.73. The largest absolute Gasteiger partial charge is 0.361 e. The minimum absolute atomic E-state index is 0.121. The van der Waals surface area contributed by atoms with Gasteiger partial charge in [-0.3, -0.25) is 9.59 Å². The molecule has 10 heteroatoms. The molecule has 1 fully saturated rings. The van der Waals surface area contributed by atoms with E-state index >= 15 is 0 Å². The predicted molar refractivity (Wildman–Crippen MR) is 167 cm³/mol. The maximum atomic E-state index is 13.7. The van der Waals surface area contributed by atoms with Crippen molar-refractivity contribution < 1.29 is 14.1 Å². The van der Waals surface area contributed by atoms with Gasteiger partial charge in [-0.2, -0.15) is 5.10 Å². The first-order valence-electron chi connectivity index (χ1n) is 15.4. The van der Waals surface area contributed by atoms with Gasteiger partial charge >= 0.3 is 5.91 Å². The molecular weight excluding hydrogens is 556 g/mol. The van der Waals surface area contributed by atoms with Crippen LogP contribution in [0.4, 0.5) is 0 Å². The highest BCUT2D eigenvalue weighted by molar-refractivity contribution is 5.96. The normalized spacial score (nSPS) is 18.2. The summed E-state index contributed by atoms with van der Waals surface area (Å²) in [6.07, 6.45) is 13.4. The second-order valence-electron chi connectivity index (χ2n) is 11.6. The van der Waals surface area contributed by atoms with E-state index in [1.54, 1.807) is 6.07 Å². The zero-order valence-corrected chi connectivity index (χ0v) is 25.3. The standard InChI is InChI=1S/C34H36N6O4/c1-4-9-26-18-28(38-44-26)34(42)39-20-25(15-16-30(39)33(41)37-43)31-21(3)29(10-5-2)40-32(36-31)27(19-35-40)24-14-8-13-22-11-6-7-12-23(22)17-24/h6-7,11-14,17-19,25,30H,4-5,8-10,15-16,20H2,1-3H3. The zero-order chi connectivity index (χ0) is 30.8. The molecule has 226 valence electrons. The van der Waals surface area contributed by atoms with Gasteiger partial charge in [0.2, 0.25) is 0 Å². The molecule has 0 bridgehead atoms. The zero-order valence-electron chi connectivity index (χ0n) is 25.3. The molecule has 0 spiro atoms. The van der Waals surface area contributed by atoms with Crippen LogP contribution in [0.25, 0.3) is 23.4 Å². The molecule has 4 heterocycles. The number of nitrogens with zero attached hydrogens (tertiary/aromatic N) is 6. The number of hydrogen-bond acceptors (Lipinski definition) is 7. The Balaban J connectivity index is 1.42. The van der Waals surface area contributed by atoms with Crippen molar-refractivity contribution in [1.82, 2.24) is 24.7 Å². The molecule has 0 saturated carbocycles. The van der Waals surface area contributed by atoms with Crippen LogP contribution in [-0.2, 0) is 17.6 Å². The lowest BCUT2D eigenvalue weighted by Crippen LogP contribution is -2.50. The highest BCUT2D eigenvalue weighted by Crippen LogP contribution is 2.35. The summed E-state index contributed by atoms with van der Waals surface area (Å²) in [5.41, 5.74) is 5.86. The first kappa shape index (κ1) is 29.3. The monoisotopic (exact) mass is 592 g/mol.